The number of esters is 1. The van der Waals surface area contributed by atoms with Gasteiger partial charge in [0.1, 0.15) is 5.60 Å². The molecule has 3 heteroatoms. The lowest BCUT2D eigenvalue weighted by Crippen LogP contribution is -2.43. The fourth-order valence-electron chi connectivity index (χ4n) is 1.23. The molecule has 3 nitrogen and oxygen atoms in total. The lowest BCUT2D eigenvalue weighted by atomic mass is 9.92. The van der Waals surface area contributed by atoms with Crippen LogP contribution in [-0.2, 0) is 9.53 Å². The van der Waals surface area contributed by atoms with Gasteiger partial charge in [0.2, 0.25) is 0 Å². The van der Waals surface area contributed by atoms with E-state index in [4.69, 9.17) is 4.74 Å². The molecular formula is C9H18O3. The van der Waals surface area contributed by atoms with E-state index in [2.05, 4.69) is 0 Å². The molecule has 0 aliphatic rings. The van der Waals surface area contributed by atoms with E-state index in [1.165, 1.54) is 6.92 Å². The van der Waals surface area contributed by atoms with Crippen molar-refractivity contribution in [2.24, 2.45) is 5.92 Å². The van der Waals surface area contributed by atoms with Gasteiger partial charge in [0.15, 0.2) is 0 Å². The number of ether oxygens (including phenoxy) is 1. The predicted octanol–water partition coefficient (Wildman–Crippen LogP) is 1.34. The minimum atomic E-state index is -0.792. The van der Waals surface area contributed by atoms with Crippen LogP contribution in [0.15, 0.2) is 0 Å². The molecule has 0 bridgehead atoms. The summed E-state index contributed by atoms with van der Waals surface area (Å²) < 4.78 is 4.97. The highest BCUT2D eigenvalue weighted by Crippen LogP contribution is 2.20. The number of rotatable bonds is 3. The molecule has 0 saturated carbocycles. The lowest BCUT2D eigenvalue weighted by Gasteiger charge is -2.32. The Kier molecular flexibility index (Phi) is 3.71. The second-order valence-corrected chi connectivity index (χ2v) is 3.89. The molecule has 0 aliphatic heterocycles. The van der Waals surface area contributed by atoms with Crippen LogP contribution in [0.1, 0.15) is 34.6 Å². The quantitative estimate of drug-likeness (QED) is 0.657. The Morgan fingerprint density at radius 3 is 2.08 bits per heavy atom. The molecular weight excluding hydrogens is 156 g/mol. The first-order valence-corrected chi connectivity index (χ1v) is 4.15. The van der Waals surface area contributed by atoms with Gasteiger partial charge in [0, 0.05) is 6.92 Å². The Labute approximate surface area is 73.7 Å². The van der Waals surface area contributed by atoms with E-state index in [9.17, 15) is 9.90 Å². The molecule has 0 aromatic rings. The molecule has 0 radical (unpaired) electrons. The van der Waals surface area contributed by atoms with E-state index in [1.54, 1.807) is 13.8 Å². The third kappa shape index (κ3) is 3.22. The molecule has 0 aliphatic carbocycles. The highest BCUT2D eigenvalue weighted by atomic mass is 16.6. The first kappa shape index (κ1) is 11.4. The van der Waals surface area contributed by atoms with Crippen molar-refractivity contribution in [3.8, 4) is 0 Å². The van der Waals surface area contributed by atoms with Crippen LogP contribution in [0.5, 0.6) is 0 Å². The van der Waals surface area contributed by atoms with Gasteiger partial charge in [-0.15, -0.1) is 0 Å². The zero-order valence-electron chi connectivity index (χ0n) is 8.42. The Balaban J connectivity index is 4.28. The minimum absolute atomic E-state index is 0.0827. The molecule has 0 rings (SSSR count). The molecule has 0 saturated heterocycles. The largest absolute Gasteiger partial charge is 0.457 e. The molecule has 0 amide bonds. The standard InChI is InChI=1S/C9H18O3/c1-6(2)8(11)9(4,5)12-7(3)10/h6,8,11H,1-5H3. The van der Waals surface area contributed by atoms with E-state index >= 15 is 0 Å². The van der Waals surface area contributed by atoms with Crippen molar-refractivity contribution in [1.29, 1.82) is 0 Å². The normalized spacial score (nSPS) is 14.6. The van der Waals surface area contributed by atoms with Crippen LogP contribution in [0.2, 0.25) is 0 Å². The summed E-state index contributed by atoms with van der Waals surface area (Å²) in [5.41, 5.74) is -0.792. The topological polar surface area (TPSA) is 46.5 Å². The van der Waals surface area contributed by atoms with Gasteiger partial charge in [-0.2, -0.15) is 0 Å². The van der Waals surface area contributed by atoms with Crippen molar-refractivity contribution in [2.75, 3.05) is 0 Å². The van der Waals surface area contributed by atoms with E-state index in [-0.39, 0.29) is 11.9 Å². The van der Waals surface area contributed by atoms with E-state index in [1.807, 2.05) is 13.8 Å². The van der Waals surface area contributed by atoms with Crippen molar-refractivity contribution in [2.45, 2.75) is 46.3 Å². The van der Waals surface area contributed by atoms with Gasteiger partial charge in [-0.25, -0.2) is 0 Å². The van der Waals surface area contributed by atoms with Gasteiger partial charge in [0.05, 0.1) is 6.10 Å². The zero-order chi connectivity index (χ0) is 9.94. The second-order valence-electron chi connectivity index (χ2n) is 3.89. The molecule has 1 atom stereocenters. The highest BCUT2D eigenvalue weighted by molar-refractivity contribution is 5.66. The molecule has 72 valence electrons. The summed E-state index contributed by atoms with van der Waals surface area (Å²) in [6.07, 6.45) is -0.624. The fraction of sp³-hybridized carbons (Fsp3) is 0.889. The van der Waals surface area contributed by atoms with Crippen molar-refractivity contribution >= 4 is 5.97 Å². The van der Waals surface area contributed by atoms with Gasteiger partial charge in [-0.3, -0.25) is 4.79 Å². The van der Waals surface area contributed by atoms with Crippen LogP contribution in [0.25, 0.3) is 0 Å². The van der Waals surface area contributed by atoms with Crippen LogP contribution >= 0.6 is 0 Å². The van der Waals surface area contributed by atoms with Crippen LogP contribution < -0.4 is 0 Å². The summed E-state index contributed by atoms with van der Waals surface area (Å²) in [5.74, 6) is -0.279. The summed E-state index contributed by atoms with van der Waals surface area (Å²) in [7, 11) is 0. The summed E-state index contributed by atoms with van der Waals surface area (Å²) in [6, 6.07) is 0. The molecule has 0 spiro atoms. The summed E-state index contributed by atoms with van der Waals surface area (Å²) in [4.78, 5) is 10.7. The van der Waals surface area contributed by atoms with Crippen molar-refractivity contribution in [3.05, 3.63) is 0 Å². The van der Waals surface area contributed by atoms with Gasteiger partial charge in [-0.05, 0) is 19.8 Å². The zero-order valence-corrected chi connectivity index (χ0v) is 8.42. The first-order valence-electron chi connectivity index (χ1n) is 4.15. The lowest BCUT2D eigenvalue weighted by molar-refractivity contribution is -0.168. The Hall–Kier alpha value is -0.570. The summed E-state index contributed by atoms with van der Waals surface area (Å²) >= 11 is 0. The number of carbonyl (C=O) groups excluding carboxylic acids is 1. The Morgan fingerprint density at radius 1 is 1.42 bits per heavy atom. The summed E-state index contributed by atoms with van der Waals surface area (Å²) in [6.45, 7) is 8.53. The van der Waals surface area contributed by atoms with Crippen LogP contribution in [0.4, 0.5) is 0 Å². The third-order valence-electron chi connectivity index (χ3n) is 1.75. The van der Waals surface area contributed by atoms with Gasteiger partial charge < -0.3 is 9.84 Å². The summed E-state index contributed by atoms with van der Waals surface area (Å²) in [5, 5.41) is 9.63. The Morgan fingerprint density at radius 2 is 1.83 bits per heavy atom. The maximum Gasteiger partial charge on any atom is 0.303 e. The number of hydrogen-bond acceptors (Lipinski definition) is 3. The molecule has 0 heterocycles. The van der Waals surface area contributed by atoms with Gasteiger partial charge >= 0.3 is 5.97 Å². The predicted molar refractivity (Wildman–Crippen MR) is 46.7 cm³/mol. The SMILES string of the molecule is CC(=O)OC(C)(C)C(O)C(C)C. The molecule has 0 fully saturated rings. The van der Waals surface area contributed by atoms with E-state index in [0.29, 0.717) is 0 Å². The maximum absolute atomic E-state index is 10.7. The first-order chi connectivity index (χ1) is 5.27. The van der Waals surface area contributed by atoms with Gasteiger partial charge in [-0.1, -0.05) is 13.8 Å². The number of carbonyl (C=O) groups is 1. The van der Waals surface area contributed by atoms with E-state index < -0.39 is 11.7 Å². The van der Waals surface area contributed by atoms with Crippen molar-refractivity contribution < 1.29 is 14.6 Å². The second kappa shape index (κ2) is 3.90. The van der Waals surface area contributed by atoms with Crippen LogP contribution in [0, 0.1) is 5.92 Å². The maximum atomic E-state index is 10.7. The number of aliphatic hydroxyl groups is 1. The average Bonchev–Trinajstić information content (AvgIpc) is 1.82. The third-order valence-corrected chi connectivity index (χ3v) is 1.75. The van der Waals surface area contributed by atoms with Crippen LogP contribution in [0.3, 0.4) is 0 Å². The van der Waals surface area contributed by atoms with Crippen molar-refractivity contribution in [3.63, 3.8) is 0 Å². The molecule has 1 unspecified atom stereocenters. The van der Waals surface area contributed by atoms with Gasteiger partial charge in [0.25, 0.3) is 0 Å². The fourth-order valence-corrected chi connectivity index (χ4v) is 1.23. The monoisotopic (exact) mass is 174 g/mol. The molecule has 1 N–H and O–H groups in total. The average molecular weight is 174 g/mol. The van der Waals surface area contributed by atoms with Crippen LogP contribution in [-0.4, -0.2) is 22.8 Å². The molecule has 0 aromatic heterocycles. The number of aliphatic hydroxyl groups excluding tert-OH is 1. The smallest absolute Gasteiger partial charge is 0.303 e. The number of hydrogen-bond donors (Lipinski definition) is 1. The minimum Gasteiger partial charge on any atom is -0.457 e. The Bertz CT molecular complexity index is 161. The molecule has 12 heavy (non-hydrogen) atoms. The molecule has 0 aromatic carbocycles. The van der Waals surface area contributed by atoms with E-state index in [0.717, 1.165) is 0 Å². The van der Waals surface area contributed by atoms with Crippen molar-refractivity contribution in [1.82, 2.24) is 0 Å². The highest BCUT2D eigenvalue weighted by Gasteiger charge is 2.32.